The number of nitrogens with zero attached hydrogens (tertiary/aromatic N) is 1. The first-order valence-electron chi connectivity index (χ1n) is 22.0. The van der Waals surface area contributed by atoms with Crippen molar-refractivity contribution in [2.75, 3.05) is 4.90 Å². The van der Waals surface area contributed by atoms with Crippen LogP contribution in [0, 0.1) is 6.92 Å². The molecule has 0 aliphatic rings. The van der Waals surface area contributed by atoms with Gasteiger partial charge in [-0.05, 0) is 132 Å². The first kappa shape index (κ1) is 35.2. The lowest BCUT2D eigenvalue weighted by atomic mass is 9.89. The number of aryl methyl sites for hydroxylation is 1. The number of para-hydroxylation sites is 3. The minimum Gasteiger partial charge on any atom is -0.456 e. The van der Waals surface area contributed by atoms with E-state index in [4.69, 9.17) is 8.83 Å². The second-order valence-corrected chi connectivity index (χ2v) is 17.2. The monoisotopic (exact) mass is 815 g/mol. The molecule has 0 N–H and O–H groups in total. The highest BCUT2D eigenvalue weighted by Gasteiger charge is 2.26. The van der Waals surface area contributed by atoms with Gasteiger partial charge in [0.1, 0.15) is 16.7 Å². The van der Waals surface area contributed by atoms with E-state index in [0.29, 0.717) is 0 Å². The van der Waals surface area contributed by atoms with Crippen LogP contribution < -0.4 is 4.90 Å². The zero-order valence-electron chi connectivity index (χ0n) is 34.9. The van der Waals surface area contributed by atoms with Crippen LogP contribution in [0.4, 0.5) is 17.1 Å². The lowest BCUT2D eigenvalue weighted by Crippen LogP contribution is -2.13. The van der Waals surface area contributed by atoms with Crippen LogP contribution in [0.2, 0.25) is 0 Å². The predicted octanol–water partition coefficient (Wildman–Crippen LogP) is 17.8. The summed E-state index contributed by atoms with van der Waals surface area (Å²) < 4.78 is 13.7. The third kappa shape index (κ3) is 4.98. The fourth-order valence-corrected chi connectivity index (χ4v) is 10.8. The number of fused-ring (bicyclic) bond motifs is 15. The van der Waals surface area contributed by atoms with Gasteiger partial charge in [0, 0.05) is 38.0 Å². The Bertz CT molecular complexity index is 4230. The Morgan fingerprint density at radius 2 is 0.828 bits per heavy atom. The number of hydrogen-bond donors (Lipinski definition) is 0. The molecule has 298 valence electrons. The zero-order chi connectivity index (χ0) is 42.0. The Morgan fingerprint density at radius 1 is 0.312 bits per heavy atom. The maximum atomic E-state index is 6.92. The molecule has 12 aromatic carbocycles. The van der Waals surface area contributed by atoms with Crippen molar-refractivity contribution in [2.45, 2.75) is 6.92 Å². The molecule has 0 aliphatic carbocycles. The van der Waals surface area contributed by atoms with Crippen LogP contribution >= 0.6 is 0 Å². The van der Waals surface area contributed by atoms with Gasteiger partial charge in [-0.1, -0.05) is 152 Å². The molecule has 64 heavy (non-hydrogen) atoms. The molecule has 0 saturated carbocycles. The van der Waals surface area contributed by atoms with Crippen LogP contribution in [0.1, 0.15) is 5.56 Å². The van der Waals surface area contributed by atoms with Gasteiger partial charge in [-0.3, -0.25) is 0 Å². The van der Waals surface area contributed by atoms with Crippen LogP contribution in [0.3, 0.4) is 0 Å². The van der Waals surface area contributed by atoms with Crippen LogP contribution in [-0.4, -0.2) is 0 Å². The molecule has 0 atom stereocenters. The lowest BCUT2D eigenvalue weighted by molar-refractivity contribution is 0.669. The largest absolute Gasteiger partial charge is 0.456 e. The summed E-state index contributed by atoms with van der Waals surface area (Å²) in [6.45, 7) is 2.19. The third-order valence-corrected chi connectivity index (χ3v) is 13.7. The van der Waals surface area contributed by atoms with Gasteiger partial charge in [0.2, 0.25) is 0 Å². The lowest BCUT2D eigenvalue weighted by Gasteiger charge is -2.30. The minimum atomic E-state index is 0.863. The van der Waals surface area contributed by atoms with Crippen LogP contribution in [0.25, 0.3) is 120 Å². The number of anilines is 3. The topological polar surface area (TPSA) is 29.5 Å². The van der Waals surface area contributed by atoms with Crippen molar-refractivity contribution in [2.24, 2.45) is 0 Å². The Morgan fingerprint density at radius 3 is 1.55 bits per heavy atom. The van der Waals surface area contributed by atoms with E-state index in [1.54, 1.807) is 0 Å². The number of benzene rings is 12. The van der Waals surface area contributed by atoms with E-state index in [1.165, 1.54) is 54.2 Å². The molecule has 0 aliphatic heterocycles. The van der Waals surface area contributed by atoms with E-state index in [9.17, 15) is 0 Å². The smallest absolute Gasteiger partial charge is 0.159 e. The Kier molecular flexibility index (Phi) is 7.32. The van der Waals surface area contributed by atoms with Gasteiger partial charge in [-0.15, -0.1) is 0 Å². The molecule has 2 aromatic heterocycles. The van der Waals surface area contributed by atoms with Crippen molar-refractivity contribution in [1.29, 1.82) is 0 Å². The second kappa shape index (κ2) is 13.3. The molecule has 2 heterocycles. The molecular weight excluding hydrogens is 779 g/mol. The van der Waals surface area contributed by atoms with Crippen LogP contribution in [0.5, 0.6) is 0 Å². The van der Waals surface area contributed by atoms with E-state index in [1.807, 2.05) is 6.07 Å². The van der Waals surface area contributed by atoms with Crippen molar-refractivity contribution in [1.82, 2.24) is 0 Å². The quantitative estimate of drug-likeness (QED) is 0.131. The third-order valence-electron chi connectivity index (χ3n) is 13.7. The Labute approximate surface area is 367 Å². The van der Waals surface area contributed by atoms with E-state index >= 15 is 0 Å². The number of furan rings is 2. The highest BCUT2D eigenvalue weighted by molar-refractivity contribution is 6.30. The van der Waals surface area contributed by atoms with Gasteiger partial charge in [0.25, 0.3) is 0 Å². The summed E-state index contributed by atoms with van der Waals surface area (Å²) in [5.41, 5.74) is 10.2. The highest BCUT2D eigenvalue weighted by atomic mass is 16.3. The molecule has 0 unspecified atom stereocenters. The summed E-state index contributed by atoms with van der Waals surface area (Å²) in [5, 5.41) is 19.0. The van der Waals surface area contributed by atoms with Crippen molar-refractivity contribution in [3.05, 3.63) is 212 Å². The molecule has 0 fully saturated rings. The Balaban J connectivity index is 1.02. The van der Waals surface area contributed by atoms with Gasteiger partial charge >= 0.3 is 0 Å². The SMILES string of the molecule is Cc1ccccc1N(c1c2ccccc2c(-c2ccc3c(c2)oc2cc4c5ccccc5c5cc6ccccc6cc5c4cc23)c2ccccc12)c1cccc2c1oc1ccccc12. The van der Waals surface area contributed by atoms with E-state index < -0.39 is 0 Å². The molecule has 3 heteroatoms. The van der Waals surface area contributed by atoms with Gasteiger partial charge in [0.05, 0.1) is 11.4 Å². The highest BCUT2D eigenvalue weighted by Crippen LogP contribution is 2.51. The van der Waals surface area contributed by atoms with Gasteiger partial charge < -0.3 is 13.7 Å². The second-order valence-electron chi connectivity index (χ2n) is 17.2. The van der Waals surface area contributed by atoms with E-state index in [0.717, 1.165) is 88.0 Å². The Hall–Kier alpha value is -8.40. The first-order chi connectivity index (χ1) is 31.7. The molecule has 0 bridgehead atoms. The molecule has 0 amide bonds. The summed E-state index contributed by atoms with van der Waals surface area (Å²) in [6.07, 6.45) is 0. The van der Waals surface area contributed by atoms with Crippen LogP contribution in [-0.2, 0) is 0 Å². The normalized spacial score (nSPS) is 12.1. The summed E-state index contributed by atoms with van der Waals surface area (Å²) in [4.78, 5) is 2.43. The number of rotatable bonds is 4. The zero-order valence-corrected chi connectivity index (χ0v) is 34.9. The van der Waals surface area contributed by atoms with Crippen molar-refractivity contribution >= 4 is 126 Å². The van der Waals surface area contributed by atoms with Gasteiger partial charge in [-0.25, -0.2) is 0 Å². The van der Waals surface area contributed by atoms with Gasteiger partial charge in [-0.2, -0.15) is 0 Å². The van der Waals surface area contributed by atoms with E-state index in [2.05, 4.69) is 212 Å². The standard InChI is InChI=1S/C61H37NO2/c1-36-15-2-12-26-54(36)62(55-27-14-25-48-42-20-11-13-28-56(42)64-61(48)55)60-46-23-9-7-21-44(46)59(45-22-8-10-24-47(45)60)39-29-30-43-53-34-51-50-32-38-17-4-3-16-37(38)31-49(50)40-18-5-6-19-41(40)52(51)35-58(53)63-57(43)33-39/h2-35H,1H3. The maximum absolute atomic E-state index is 6.92. The predicted molar refractivity (Wildman–Crippen MR) is 271 cm³/mol. The summed E-state index contributed by atoms with van der Waals surface area (Å²) >= 11 is 0. The summed E-state index contributed by atoms with van der Waals surface area (Å²) in [5.74, 6) is 0. The first-order valence-corrected chi connectivity index (χ1v) is 22.0. The molecule has 3 nitrogen and oxygen atoms in total. The molecule has 0 radical (unpaired) electrons. The number of hydrogen-bond acceptors (Lipinski definition) is 3. The fraction of sp³-hybridized carbons (Fsp3) is 0.0164. The van der Waals surface area contributed by atoms with Crippen molar-refractivity contribution in [3.63, 3.8) is 0 Å². The molecule has 0 saturated heterocycles. The molecule has 14 rings (SSSR count). The van der Waals surface area contributed by atoms with Crippen molar-refractivity contribution in [3.8, 4) is 11.1 Å². The summed E-state index contributed by atoms with van der Waals surface area (Å²) in [6, 6.07) is 74.8. The average Bonchev–Trinajstić information content (AvgIpc) is 3.91. The molecule has 0 spiro atoms. The summed E-state index contributed by atoms with van der Waals surface area (Å²) in [7, 11) is 0. The minimum absolute atomic E-state index is 0.863. The average molecular weight is 816 g/mol. The maximum Gasteiger partial charge on any atom is 0.159 e. The van der Waals surface area contributed by atoms with E-state index in [-0.39, 0.29) is 0 Å². The fourth-order valence-electron chi connectivity index (χ4n) is 10.8. The van der Waals surface area contributed by atoms with Gasteiger partial charge in [0.15, 0.2) is 5.58 Å². The van der Waals surface area contributed by atoms with Crippen LogP contribution in [0.15, 0.2) is 215 Å². The molecule has 14 aromatic rings. The molecular formula is C61H37NO2. The van der Waals surface area contributed by atoms with Crippen molar-refractivity contribution < 1.29 is 8.83 Å².